The normalized spacial score (nSPS) is 12.2. The number of hydrogen-bond donors (Lipinski definition) is 2. The zero-order valence-corrected chi connectivity index (χ0v) is 8.97. The molecule has 0 aliphatic rings. The Kier molecular flexibility index (Phi) is 4.37. The molecule has 0 aromatic heterocycles. The highest BCUT2D eigenvalue weighted by Gasteiger charge is 2.16. The lowest BCUT2D eigenvalue weighted by atomic mass is 10.1. The van der Waals surface area contributed by atoms with Gasteiger partial charge in [0.05, 0.1) is 11.6 Å². The van der Waals surface area contributed by atoms with Crippen molar-refractivity contribution in [2.75, 3.05) is 11.9 Å². The first-order valence-corrected chi connectivity index (χ1v) is 5.04. The Morgan fingerprint density at radius 1 is 1.50 bits per heavy atom. The molecule has 0 heterocycles. The second-order valence-corrected chi connectivity index (χ2v) is 3.45. The van der Waals surface area contributed by atoms with Crippen LogP contribution < -0.4 is 11.1 Å². The number of carbonyl (C=O) groups excluding carboxylic acids is 1. The molecule has 1 unspecified atom stereocenters. The summed E-state index contributed by atoms with van der Waals surface area (Å²) in [6, 6.07) is 2.99. The minimum absolute atomic E-state index is 0.0294. The van der Waals surface area contributed by atoms with Gasteiger partial charge in [0.15, 0.2) is 0 Å². The molecule has 1 amide bonds. The van der Waals surface area contributed by atoms with Gasteiger partial charge < -0.3 is 11.1 Å². The van der Waals surface area contributed by atoms with Crippen LogP contribution in [0, 0.1) is 17.6 Å². The third-order valence-corrected chi connectivity index (χ3v) is 2.34. The van der Waals surface area contributed by atoms with Crippen molar-refractivity contribution in [2.45, 2.75) is 13.3 Å². The average Bonchev–Trinajstić information content (AvgIpc) is 2.24. The van der Waals surface area contributed by atoms with Gasteiger partial charge in [0.25, 0.3) is 0 Å². The predicted molar refractivity (Wildman–Crippen MR) is 57.8 cm³/mol. The molecule has 1 aromatic carbocycles. The zero-order valence-electron chi connectivity index (χ0n) is 8.97. The van der Waals surface area contributed by atoms with Crippen LogP contribution in [0.25, 0.3) is 0 Å². The number of benzene rings is 1. The fourth-order valence-corrected chi connectivity index (χ4v) is 1.28. The fourth-order valence-electron chi connectivity index (χ4n) is 1.28. The first-order chi connectivity index (χ1) is 7.58. The molecular weight excluding hydrogens is 214 g/mol. The summed E-state index contributed by atoms with van der Waals surface area (Å²) in [6.07, 6.45) is 0.575. The number of hydrogen-bond acceptors (Lipinski definition) is 2. The summed E-state index contributed by atoms with van der Waals surface area (Å²) in [6.45, 7) is 2.02. The molecule has 0 spiro atoms. The van der Waals surface area contributed by atoms with Crippen molar-refractivity contribution in [3.63, 3.8) is 0 Å². The Hall–Kier alpha value is -1.49. The maximum absolute atomic E-state index is 13.2. The molecule has 3 N–H and O–H groups in total. The van der Waals surface area contributed by atoms with Gasteiger partial charge in [-0.05, 0) is 18.6 Å². The summed E-state index contributed by atoms with van der Waals surface area (Å²) in [4.78, 5) is 11.6. The Morgan fingerprint density at radius 3 is 2.69 bits per heavy atom. The van der Waals surface area contributed by atoms with Crippen LogP contribution in [0.2, 0.25) is 0 Å². The number of carbonyl (C=O) groups is 1. The summed E-state index contributed by atoms with van der Waals surface area (Å²) in [5.41, 5.74) is 5.36. The first kappa shape index (κ1) is 12.6. The van der Waals surface area contributed by atoms with Crippen LogP contribution in [-0.4, -0.2) is 12.5 Å². The molecule has 0 fully saturated rings. The van der Waals surface area contributed by atoms with Gasteiger partial charge >= 0.3 is 0 Å². The van der Waals surface area contributed by atoms with E-state index in [0.717, 1.165) is 12.1 Å². The Morgan fingerprint density at radius 2 is 2.19 bits per heavy atom. The summed E-state index contributed by atoms with van der Waals surface area (Å²) in [5.74, 6) is -2.18. The van der Waals surface area contributed by atoms with Crippen molar-refractivity contribution in [1.82, 2.24) is 0 Å². The van der Waals surface area contributed by atoms with Gasteiger partial charge in [-0.1, -0.05) is 6.92 Å². The summed E-state index contributed by atoms with van der Waals surface area (Å²) < 4.78 is 25.8. The maximum Gasteiger partial charge on any atom is 0.228 e. The summed E-state index contributed by atoms with van der Waals surface area (Å²) in [5, 5.41) is 2.38. The topological polar surface area (TPSA) is 55.1 Å². The summed E-state index contributed by atoms with van der Waals surface area (Å²) in [7, 11) is 0. The molecule has 0 radical (unpaired) electrons. The van der Waals surface area contributed by atoms with E-state index in [4.69, 9.17) is 5.73 Å². The van der Waals surface area contributed by atoms with E-state index in [2.05, 4.69) is 5.32 Å². The van der Waals surface area contributed by atoms with Gasteiger partial charge in [-0.2, -0.15) is 0 Å². The molecule has 1 atom stereocenters. The number of nitrogens with two attached hydrogens (primary N) is 1. The highest BCUT2D eigenvalue weighted by atomic mass is 19.1. The zero-order chi connectivity index (χ0) is 12.1. The van der Waals surface area contributed by atoms with Crippen molar-refractivity contribution >= 4 is 11.6 Å². The molecule has 1 rings (SSSR count). The van der Waals surface area contributed by atoms with E-state index in [1.165, 1.54) is 6.07 Å². The van der Waals surface area contributed by atoms with Crippen LogP contribution in [-0.2, 0) is 4.79 Å². The van der Waals surface area contributed by atoms with Gasteiger partial charge in [0, 0.05) is 12.6 Å². The van der Waals surface area contributed by atoms with Crippen LogP contribution in [0.4, 0.5) is 14.5 Å². The number of nitrogens with one attached hydrogen (secondary N) is 1. The molecule has 0 saturated carbocycles. The van der Waals surface area contributed by atoms with E-state index in [1.807, 2.05) is 6.92 Å². The molecule has 0 aliphatic carbocycles. The van der Waals surface area contributed by atoms with Crippen molar-refractivity contribution in [2.24, 2.45) is 11.7 Å². The van der Waals surface area contributed by atoms with E-state index in [-0.39, 0.29) is 24.1 Å². The molecule has 3 nitrogen and oxygen atoms in total. The van der Waals surface area contributed by atoms with Crippen LogP contribution in [0.15, 0.2) is 18.2 Å². The second kappa shape index (κ2) is 5.55. The van der Waals surface area contributed by atoms with E-state index < -0.39 is 11.6 Å². The third-order valence-electron chi connectivity index (χ3n) is 2.34. The SMILES string of the molecule is CCC(CN)C(=O)Nc1ccc(F)cc1F. The van der Waals surface area contributed by atoms with Crippen LogP contribution in [0.3, 0.4) is 0 Å². The van der Waals surface area contributed by atoms with E-state index in [1.54, 1.807) is 0 Å². The molecule has 0 saturated heterocycles. The highest BCUT2D eigenvalue weighted by molar-refractivity contribution is 5.92. The third kappa shape index (κ3) is 3.00. The molecular formula is C11H14F2N2O. The lowest BCUT2D eigenvalue weighted by Crippen LogP contribution is -2.28. The van der Waals surface area contributed by atoms with Crippen molar-refractivity contribution < 1.29 is 13.6 Å². The number of amides is 1. The number of halogens is 2. The highest BCUT2D eigenvalue weighted by Crippen LogP contribution is 2.16. The summed E-state index contributed by atoms with van der Waals surface area (Å²) >= 11 is 0. The van der Waals surface area contributed by atoms with Gasteiger partial charge in [0.2, 0.25) is 5.91 Å². The number of anilines is 1. The fraction of sp³-hybridized carbons (Fsp3) is 0.364. The Bertz CT molecular complexity index is 378. The minimum atomic E-state index is -0.791. The van der Waals surface area contributed by atoms with E-state index >= 15 is 0 Å². The largest absolute Gasteiger partial charge is 0.330 e. The van der Waals surface area contributed by atoms with Crippen molar-refractivity contribution in [1.29, 1.82) is 0 Å². The molecule has 0 aliphatic heterocycles. The molecule has 16 heavy (non-hydrogen) atoms. The van der Waals surface area contributed by atoms with Crippen molar-refractivity contribution in [3.05, 3.63) is 29.8 Å². The van der Waals surface area contributed by atoms with E-state index in [0.29, 0.717) is 6.42 Å². The lowest BCUT2D eigenvalue weighted by molar-refractivity contribution is -0.119. The van der Waals surface area contributed by atoms with Gasteiger partial charge in [0.1, 0.15) is 11.6 Å². The smallest absolute Gasteiger partial charge is 0.228 e. The number of rotatable bonds is 4. The second-order valence-electron chi connectivity index (χ2n) is 3.45. The van der Waals surface area contributed by atoms with Crippen LogP contribution in [0.1, 0.15) is 13.3 Å². The Labute approximate surface area is 92.6 Å². The monoisotopic (exact) mass is 228 g/mol. The molecule has 0 bridgehead atoms. The Balaban J connectivity index is 2.76. The minimum Gasteiger partial charge on any atom is -0.330 e. The van der Waals surface area contributed by atoms with Crippen LogP contribution in [0.5, 0.6) is 0 Å². The van der Waals surface area contributed by atoms with Crippen molar-refractivity contribution in [3.8, 4) is 0 Å². The molecule has 1 aromatic rings. The average molecular weight is 228 g/mol. The molecule has 5 heteroatoms. The standard InChI is InChI=1S/C11H14F2N2O/c1-2-7(6-14)11(16)15-10-4-3-8(12)5-9(10)13/h3-5,7H,2,6,14H2,1H3,(H,15,16). The molecule has 88 valence electrons. The lowest BCUT2D eigenvalue weighted by Gasteiger charge is -2.12. The first-order valence-electron chi connectivity index (χ1n) is 5.04. The predicted octanol–water partition coefficient (Wildman–Crippen LogP) is 1.89. The van der Waals surface area contributed by atoms with E-state index in [9.17, 15) is 13.6 Å². The van der Waals surface area contributed by atoms with Crippen LogP contribution >= 0.6 is 0 Å². The van der Waals surface area contributed by atoms with Gasteiger partial charge in [-0.25, -0.2) is 8.78 Å². The van der Waals surface area contributed by atoms with Gasteiger partial charge in [-0.3, -0.25) is 4.79 Å². The van der Waals surface area contributed by atoms with Gasteiger partial charge in [-0.15, -0.1) is 0 Å². The maximum atomic E-state index is 13.2. The quantitative estimate of drug-likeness (QED) is 0.826.